The first-order valence-corrected chi connectivity index (χ1v) is 11.6. The molecule has 0 aromatic heterocycles. The van der Waals surface area contributed by atoms with Gasteiger partial charge in [-0.3, -0.25) is 5.32 Å². The van der Waals surface area contributed by atoms with Crippen molar-refractivity contribution in [3.05, 3.63) is 108 Å². The number of ether oxygens (including phenoxy) is 1. The van der Waals surface area contributed by atoms with Crippen molar-refractivity contribution in [2.45, 2.75) is 36.9 Å². The van der Waals surface area contributed by atoms with E-state index in [9.17, 15) is 0 Å². The molecule has 2 atom stereocenters. The number of hydrogen-bond donors (Lipinski definition) is 2. The second-order valence-electron chi connectivity index (χ2n) is 8.91. The third-order valence-electron chi connectivity index (χ3n) is 6.68. The average molecular weight is 413 g/mol. The Kier molecular flexibility index (Phi) is 6.17. The second-order valence-corrected chi connectivity index (χ2v) is 8.91. The van der Waals surface area contributed by atoms with Crippen molar-refractivity contribution in [1.29, 1.82) is 0 Å². The van der Waals surface area contributed by atoms with Crippen LogP contribution < -0.4 is 10.6 Å². The van der Waals surface area contributed by atoms with Crippen LogP contribution in [0.3, 0.4) is 0 Å². The molecule has 0 amide bonds. The zero-order valence-corrected chi connectivity index (χ0v) is 18.0. The lowest BCUT2D eigenvalue weighted by Crippen LogP contribution is -2.60. The van der Waals surface area contributed by atoms with Crippen molar-refractivity contribution in [2.24, 2.45) is 5.92 Å². The van der Waals surface area contributed by atoms with Gasteiger partial charge in [0.15, 0.2) is 0 Å². The Hall–Kier alpha value is -2.46. The Balaban J connectivity index is 1.59. The van der Waals surface area contributed by atoms with Crippen LogP contribution in [0.5, 0.6) is 0 Å². The van der Waals surface area contributed by atoms with Gasteiger partial charge in [0.05, 0.1) is 11.6 Å². The van der Waals surface area contributed by atoms with Gasteiger partial charge in [0, 0.05) is 19.2 Å². The van der Waals surface area contributed by atoms with Crippen LogP contribution in [-0.2, 0) is 10.3 Å². The molecule has 3 aromatic rings. The van der Waals surface area contributed by atoms with Gasteiger partial charge in [-0.25, -0.2) is 0 Å². The molecule has 2 aliphatic rings. The van der Waals surface area contributed by atoms with Crippen molar-refractivity contribution in [3.8, 4) is 0 Å². The number of nitrogens with one attached hydrogen (secondary N) is 2. The first kappa shape index (κ1) is 20.4. The maximum absolute atomic E-state index is 6.47. The van der Waals surface area contributed by atoms with E-state index < -0.39 is 5.54 Å². The Morgan fingerprint density at radius 2 is 1.26 bits per heavy atom. The molecule has 2 fully saturated rings. The van der Waals surface area contributed by atoms with E-state index in [1.165, 1.54) is 29.5 Å². The van der Waals surface area contributed by atoms with Crippen LogP contribution >= 0.6 is 0 Å². The molecule has 0 bridgehead atoms. The van der Waals surface area contributed by atoms with Crippen molar-refractivity contribution in [3.63, 3.8) is 0 Å². The predicted molar refractivity (Wildman–Crippen MR) is 126 cm³/mol. The normalized spacial score (nSPS) is 21.7. The summed E-state index contributed by atoms with van der Waals surface area (Å²) in [5, 5.41) is 7.73. The van der Waals surface area contributed by atoms with Crippen molar-refractivity contribution in [2.75, 3.05) is 19.7 Å². The largest absolute Gasteiger partial charge is 0.376 e. The van der Waals surface area contributed by atoms with Gasteiger partial charge in [-0.1, -0.05) is 91.0 Å². The van der Waals surface area contributed by atoms with Gasteiger partial charge in [-0.05, 0) is 48.4 Å². The van der Waals surface area contributed by atoms with E-state index >= 15 is 0 Å². The van der Waals surface area contributed by atoms with Crippen molar-refractivity contribution < 1.29 is 4.74 Å². The van der Waals surface area contributed by atoms with Gasteiger partial charge in [0.25, 0.3) is 0 Å². The Morgan fingerprint density at radius 1 is 0.742 bits per heavy atom. The number of benzene rings is 3. The lowest BCUT2D eigenvalue weighted by atomic mass is 9.76. The summed E-state index contributed by atoms with van der Waals surface area (Å²) in [7, 11) is 0. The van der Waals surface area contributed by atoms with Crippen LogP contribution in [0.4, 0.5) is 0 Å². The number of piperidine rings is 1. The first-order valence-electron chi connectivity index (χ1n) is 11.6. The van der Waals surface area contributed by atoms with E-state index in [1.54, 1.807) is 0 Å². The fraction of sp³-hybridized carbons (Fsp3) is 0.357. The van der Waals surface area contributed by atoms with E-state index in [0.29, 0.717) is 0 Å². The molecule has 2 unspecified atom stereocenters. The highest BCUT2D eigenvalue weighted by molar-refractivity contribution is 5.49. The minimum absolute atomic E-state index is 0.216. The molecule has 0 radical (unpaired) electrons. The SMILES string of the molecule is c1ccc(C(NC2CNCCC2OCC2CC2)(c2ccccc2)c2ccccc2)cc1. The molecule has 1 aliphatic carbocycles. The first-order chi connectivity index (χ1) is 15.4. The molecule has 3 heteroatoms. The third kappa shape index (κ3) is 4.45. The monoisotopic (exact) mass is 412 g/mol. The fourth-order valence-electron chi connectivity index (χ4n) is 4.81. The summed E-state index contributed by atoms with van der Waals surface area (Å²) in [5.74, 6) is 0.776. The highest BCUT2D eigenvalue weighted by Gasteiger charge is 2.41. The second kappa shape index (κ2) is 9.35. The molecule has 1 aliphatic heterocycles. The number of hydrogen-bond acceptors (Lipinski definition) is 3. The molecule has 160 valence electrons. The maximum Gasteiger partial charge on any atom is 0.0951 e. The van der Waals surface area contributed by atoms with Crippen LogP contribution in [0.2, 0.25) is 0 Å². The van der Waals surface area contributed by atoms with E-state index in [-0.39, 0.29) is 12.1 Å². The average Bonchev–Trinajstić information content (AvgIpc) is 3.68. The van der Waals surface area contributed by atoms with Gasteiger partial charge in [0.1, 0.15) is 0 Å². The fourth-order valence-corrected chi connectivity index (χ4v) is 4.81. The van der Waals surface area contributed by atoms with Gasteiger partial charge >= 0.3 is 0 Å². The van der Waals surface area contributed by atoms with Gasteiger partial charge < -0.3 is 10.1 Å². The van der Waals surface area contributed by atoms with E-state index in [0.717, 1.165) is 32.0 Å². The van der Waals surface area contributed by atoms with Crippen LogP contribution in [-0.4, -0.2) is 31.8 Å². The smallest absolute Gasteiger partial charge is 0.0951 e. The third-order valence-corrected chi connectivity index (χ3v) is 6.68. The predicted octanol–water partition coefficient (Wildman–Crippen LogP) is 4.73. The lowest BCUT2D eigenvalue weighted by molar-refractivity contribution is -0.0000781. The molecule has 1 saturated carbocycles. The summed E-state index contributed by atoms with van der Waals surface area (Å²) in [6.07, 6.45) is 3.91. The topological polar surface area (TPSA) is 33.3 Å². The molecule has 3 nitrogen and oxygen atoms in total. The molecule has 1 heterocycles. The van der Waals surface area contributed by atoms with E-state index in [1.807, 2.05) is 0 Å². The van der Waals surface area contributed by atoms with Gasteiger partial charge in [-0.2, -0.15) is 0 Å². The van der Waals surface area contributed by atoms with Crippen LogP contribution in [0.1, 0.15) is 36.0 Å². The highest BCUT2D eigenvalue weighted by Crippen LogP contribution is 2.38. The molecule has 31 heavy (non-hydrogen) atoms. The Bertz CT molecular complexity index is 844. The summed E-state index contributed by atoms with van der Waals surface area (Å²) < 4.78 is 6.47. The molecule has 2 N–H and O–H groups in total. The van der Waals surface area contributed by atoms with Crippen LogP contribution in [0, 0.1) is 5.92 Å². The molecule has 0 spiro atoms. The number of rotatable bonds is 8. The van der Waals surface area contributed by atoms with E-state index in [4.69, 9.17) is 4.74 Å². The lowest BCUT2D eigenvalue weighted by Gasteiger charge is -2.43. The summed E-state index contributed by atoms with van der Waals surface area (Å²) >= 11 is 0. The van der Waals surface area contributed by atoms with Crippen molar-refractivity contribution in [1.82, 2.24) is 10.6 Å². The minimum Gasteiger partial charge on any atom is -0.376 e. The summed E-state index contributed by atoms with van der Waals surface area (Å²) in [5.41, 5.74) is 3.30. The summed E-state index contributed by atoms with van der Waals surface area (Å²) in [6, 6.07) is 32.7. The van der Waals surface area contributed by atoms with Crippen LogP contribution in [0.25, 0.3) is 0 Å². The molecular weight excluding hydrogens is 380 g/mol. The Labute approximate surface area is 185 Å². The Morgan fingerprint density at radius 3 is 1.74 bits per heavy atom. The van der Waals surface area contributed by atoms with Crippen molar-refractivity contribution >= 4 is 0 Å². The highest BCUT2D eigenvalue weighted by atomic mass is 16.5. The minimum atomic E-state index is -0.450. The molecule has 5 rings (SSSR count). The van der Waals surface area contributed by atoms with E-state index in [2.05, 4.69) is 102 Å². The zero-order valence-electron chi connectivity index (χ0n) is 18.0. The van der Waals surface area contributed by atoms with Gasteiger partial charge in [-0.15, -0.1) is 0 Å². The summed E-state index contributed by atoms with van der Waals surface area (Å²) in [4.78, 5) is 0. The maximum atomic E-state index is 6.47. The zero-order chi connectivity index (χ0) is 20.9. The summed E-state index contributed by atoms with van der Waals surface area (Å²) in [6.45, 7) is 2.82. The molecular formula is C28H32N2O. The quantitative estimate of drug-likeness (QED) is 0.525. The van der Waals surface area contributed by atoms with Gasteiger partial charge in [0.2, 0.25) is 0 Å². The standard InChI is InChI=1S/C28H32N2O/c1-4-10-23(11-5-1)28(24-12-6-2-7-13-24,25-14-8-3-9-15-25)30-26-20-29-19-18-27(26)31-21-22-16-17-22/h1-15,22,26-27,29-30H,16-21H2. The molecule has 1 saturated heterocycles. The van der Waals surface area contributed by atoms with Crippen LogP contribution in [0.15, 0.2) is 91.0 Å². The molecule has 3 aromatic carbocycles.